The van der Waals surface area contributed by atoms with Crippen LogP contribution in [0.3, 0.4) is 0 Å². The molecule has 3 N–H and O–H groups in total. The predicted octanol–water partition coefficient (Wildman–Crippen LogP) is 1.38. The number of nitrogens with zero attached hydrogens (tertiary/aromatic N) is 1. The maximum absolute atomic E-state index is 12.4. The Morgan fingerprint density at radius 1 is 1.32 bits per heavy atom. The molecule has 7 nitrogen and oxygen atoms in total. The van der Waals surface area contributed by atoms with E-state index < -0.39 is 21.8 Å². The summed E-state index contributed by atoms with van der Waals surface area (Å²) in [6.07, 6.45) is 0.730. The second kappa shape index (κ2) is 8.16. The summed E-state index contributed by atoms with van der Waals surface area (Å²) in [6, 6.07) is 3.93. The Labute approximate surface area is 154 Å². The SMILES string of the molecule is CCN1C(=O)c2ccc(C(=O)NC(CN)CC(C)C)cc2S1(=O)=O.Cl. The largest absolute Gasteiger partial charge is 0.348 e. The Kier molecular flexibility index (Phi) is 6.99. The van der Waals surface area contributed by atoms with Gasteiger partial charge in [0.2, 0.25) is 0 Å². The van der Waals surface area contributed by atoms with E-state index in [-0.39, 0.29) is 41.0 Å². The van der Waals surface area contributed by atoms with Crippen molar-refractivity contribution in [2.24, 2.45) is 11.7 Å². The Bertz CT molecular complexity index is 765. The molecule has 0 bridgehead atoms. The molecule has 0 saturated carbocycles. The molecule has 1 atom stereocenters. The smallest absolute Gasteiger partial charge is 0.268 e. The van der Waals surface area contributed by atoms with Crippen LogP contribution in [-0.2, 0) is 10.0 Å². The van der Waals surface area contributed by atoms with Gasteiger partial charge in [-0.25, -0.2) is 12.7 Å². The first-order chi connectivity index (χ1) is 11.2. The highest BCUT2D eigenvalue weighted by Crippen LogP contribution is 2.30. The van der Waals surface area contributed by atoms with Crippen LogP contribution < -0.4 is 11.1 Å². The third kappa shape index (κ3) is 4.13. The first-order valence-corrected chi connectivity index (χ1v) is 9.38. The van der Waals surface area contributed by atoms with E-state index in [0.717, 1.165) is 10.7 Å². The Morgan fingerprint density at radius 3 is 2.48 bits per heavy atom. The molecule has 1 unspecified atom stereocenters. The molecule has 0 saturated heterocycles. The van der Waals surface area contributed by atoms with E-state index in [1.165, 1.54) is 18.2 Å². The van der Waals surface area contributed by atoms with Crippen LogP contribution in [0.1, 0.15) is 47.9 Å². The third-order valence-corrected chi connectivity index (χ3v) is 5.83. The van der Waals surface area contributed by atoms with E-state index in [2.05, 4.69) is 5.32 Å². The van der Waals surface area contributed by atoms with Gasteiger partial charge in [-0.15, -0.1) is 12.4 Å². The van der Waals surface area contributed by atoms with Crippen molar-refractivity contribution in [3.63, 3.8) is 0 Å². The Balaban J connectivity index is 0.00000312. The highest BCUT2D eigenvalue weighted by atomic mass is 35.5. The number of fused-ring (bicyclic) bond motifs is 1. The number of amides is 2. The van der Waals surface area contributed by atoms with Gasteiger partial charge in [0.05, 0.1) is 5.56 Å². The zero-order valence-corrected chi connectivity index (χ0v) is 16.1. The quantitative estimate of drug-likeness (QED) is 0.763. The van der Waals surface area contributed by atoms with Crippen LogP contribution >= 0.6 is 12.4 Å². The van der Waals surface area contributed by atoms with E-state index >= 15 is 0 Å². The molecule has 0 aromatic heterocycles. The maximum Gasteiger partial charge on any atom is 0.268 e. The van der Waals surface area contributed by atoms with E-state index in [1.807, 2.05) is 13.8 Å². The van der Waals surface area contributed by atoms with Gasteiger partial charge in [0.15, 0.2) is 0 Å². The van der Waals surface area contributed by atoms with Crippen molar-refractivity contribution in [3.05, 3.63) is 29.3 Å². The Hall–Kier alpha value is -1.64. The second-order valence-corrected chi connectivity index (χ2v) is 8.05. The van der Waals surface area contributed by atoms with Crippen LogP contribution in [0.15, 0.2) is 23.1 Å². The molecule has 9 heteroatoms. The van der Waals surface area contributed by atoms with Gasteiger partial charge in [0.1, 0.15) is 4.90 Å². The van der Waals surface area contributed by atoms with Crippen LogP contribution in [0.4, 0.5) is 0 Å². The fourth-order valence-corrected chi connectivity index (χ4v) is 4.38. The molecule has 1 aromatic rings. The summed E-state index contributed by atoms with van der Waals surface area (Å²) in [7, 11) is -3.88. The molecule has 1 aliphatic rings. The number of carbonyl (C=O) groups is 2. The summed E-state index contributed by atoms with van der Waals surface area (Å²) in [4.78, 5) is 24.4. The minimum Gasteiger partial charge on any atom is -0.348 e. The lowest BCUT2D eigenvalue weighted by Gasteiger charge is -2.19. The van der Waals surface area contributed by atoms with Crippen molar-refractivity contribution < 1.29 is 18.0 Å². The van der Waals surface area contributed by atoms with Crippen LogP contribution in [0.25, 0.3) is 0 Å². The summed E-state index contributed by atoms with van der Waals surface area (Å²) in [6.45, 7) is 6.01. The van der Waals surface area contributed by atoms with E-state index in [0.29, 0.717) is 12.5 Å². The third-order valence-electron chi connectivity index (χ3n) is 3.93. The number of halogens is 1. The minimum atomic E-state index is -3.88. The summed E-state index contributed by atoms with van der Waals surface area (Å²) < 4.78 is 25.6. The van der Waals surface area contributed by atoms with Crippen molar-refractivity contribution in [3.8, 4) is 0 Å². The van der Waals surface area contributed by atoms with Crippen molar-refractivity contribution in [1.82, 2.24) is 9.62 Å². The first kappa shape index (κ1) is 21.4. The molecule has 1 heterocycles. The van der Waals surface area contributed by atoms with E-state index in [1.54, 1.807) is 6.92 Å². The lowest BCUT2D eigenvalue weighted by atomic mass is 10.0. The molecule has 0 fully saturated rings. The van der Waals surface area contributed by atoms with Gasteiger partial charge in [-0.3, -0.25) is 9.59 Å². The molecular formula is C16H24ClN3O4S. The molecule has 140 valence electrons. The highest BCUT2D eigenvalue weighted by Gasteiger charge is 2.40. The van der Waals surface area contributed by atoms with Gasteiger partial charge in [-0.1, -0.05) is 13.8 Å². The van der Waals surface area contributed by atoms with Crippen molar-refractivity contribution in [2.45, 2.75) is 38.1 Å². The maximum atomic E-state index is 12.4. The van der Waals surface area contributed by atoms with Gasteiger partial charge >= 0.3 is 0 Å². The highest BCUT2D eigenvalue weighted by molar-refractivity contribution is 7.90. The van der Waals surface area contributed by atoms with Crippen LogP contribution in [0.2, 0.25) is 0 Å². The minimum absolute atomic E-state index is 0. The van der Waals surface area contributed by atoms with E-state index in [9.17, 15) is 18.0 Å². The zero-order chi connectivity index (χ0) is 18.1. The summed E-state index contributed by atoms with van der Waals surface area (Å²) in [5, 5.41) is 2.81. The number of rotatable bonds is 6. The normalized spacial score (nSPS) is 16.4. The van der Waals surface area contributed by atoms with Crippen molar-refractivity contribution in [1.29, 1.82) is 0 Å². The van der Waals surface area contributed by atoms with Gasteiger partial charge < -0.3 is 11.1 Å². The molecule has 1 aromatic carbocycles. The molecular weight excluding hydrogens is 366 g/mol. The number of carbonyl (C=O) groups excluding carboxylic acids is 2. The predicted molar refractivity (Wildman–Crippen MR) is 97.3 cm³/mol. The lowest BCUT2D eigenvalue weighted by Crippen LogP contribution is -2.41. The van der Waals surface area contributed by atoms with Crippen LogP contribution in [-0.4, -0.2) is 43.7 Å². The fraction of sp³-hybridized carbons (Fsp3) is 0.500. The van der Waals surface area contributed by atoms with Gasteiger partial charge in [-0.2, -0.15) is 0 Å². The molecule has 1 aliphatic heterocycles. The van der Waals surface area contributed by atoms with E-state index in [4.69, 9.17) is 5.73 Å². The average molecular weight is 390 g/mol. The average Bonchev–Trinajstić information content (AvgIpc) is 2.72. The topological polar surface area (TPSA) is 110 Å². The molecule has 0 radical (unpaired) electrons. The summed E-state index contributed by atoms with van der Waals surface area (Å²) in [5.41, 5.74) is 5.98. The van der Waals surface area contributed by atoms with Gasteiger partial charge in [-0.05, 0) is 37.5 Å². The fourth-order valence-electron chi connectivity index (χ4n) is 2.78. The zero-order valence-electron chi connectivity index (χ0n) is 14.5. The monoisotopic (exact) mass is 389 g/mol. The van der Waals surface area contributed by atoms with Crippen LogP contribution in [0.5, 0.6) is 0 Å². The number of hydrogen-bond donors (Lipinski definition) is 2. The lowest BCUT2D eigenvalue weighted by molar-refractivity contribution is 0.0873. The number of sulfonamides is 1. The first-order valence-electron chi connectivity index (χ1n) is 7.94. The molecule has 2 amide bonds. The van der Waals surface area contributed by atoms with Crippen molar-refractivity contribution in [2.75, 3.05) is 13.1 Å². The van der Waals surface area contributed by atoms with Gasteiger partial charge in [0.25, 0.3) is 21.8 Å². The molecule has 25 heavy (non-hydrogen) atoms. The summed E-state index contributed by atoms with van der Waals surface area (Å²) in [5.74, 6) is -0.583. The number of nitrogens with two attached hydrogens (primary N) is 1. The second-order valence-electron chi connectivity index (χ2n) is 6.22. The standard InChI is InChI=1S/C16H23N3O4S.ClH/c1-4-19-16(21)13-6-5-11(8-14(13)24(19,22)23)15(20)18-12(9-17)7-10(2)3;/h5-6,8,10,12H,4,7,9,17H2,1-3H3,(H,18,20);1H. The molecule has 2 rings (SSSR count). The number of nitrogens with one attached hydrogen (secondary N) is 1. The number of hydrogen-bond acceptors (Lipinski definition) is 5. The Morgan fingerprint density at radius 2 is 1.96 bits per heavy atom. The molecule has 0 spiro atoms. The summed E-state index contributed by atoms with van der Waals surface area (Å²) >= 11 is 0. The van der Waals surface area contributed by atoms with Gasteiger partial charge in [0, 0.05) is 24.7 Å². The molecule has 0 aliphatic carbocycles. The van der Waals surface area contributed by atoms with Crippen molar-refractivity contribution >= 4 is 34.2 Å². The van der Waals surface area contributed by atoms with Crippen LogP contribution in [0, 0.1) is 5.92 Å². The number of benzene rings is 1.